The Hall–Kier alpha value is -2.92. The van der Waals surface area contributed by atoms with Gasteiger partial charge in [0, 0.05) is 30.2 Å². The average Bonchev–Trinajstić information content (AvgIpc) is 3.06. The zero-order valence-electron chi connectivity index (χ0n) is 16.2. The Balaban J connectivity index is 2.00. The minimum absolute atomic E-state index is 0.257. The van der Waals surface area contributed by atoms with Crippen LogP contribution in [0.25, 0.3) is 11.2 Å². The van der Waals surface area contributed by atoms with Crippen LogP contribution in [0.3, 0.4) is 0 Å². The molecule has 0 saturated carbocycles. The number of hydrogen-bond donors (Lipinski definition) is 2. The minimum Gasteiger partial charge on any atom is -0.496 e. The van der Waals surface area contributed by atoms with Crippen LogP contribution in [0.5, 0.6) is 5.75 Å². The Bertz CT molecular complexity index is 1160. The molecule has 10 nitrogen and oxygen atoms in total. The lowest BCUT2D eigenvalue weighted by Gasteiger charge is -2.08. The molecule has 0 spiro atoms. The third kappa shape index (κ3) is 4.40. The number of benzene rings is 1. The van der Waals surface area contributed by atoms with Crippen LogP contribution in [0, 0.1) is 0 Å². The lowest BCUT2D eigenvalue weighted by atomic mass is 10.2. The van der Waals surface area contributed by atoms with Crippen molar-refractivity contribution >= 4 is 39.3 Å². The highest BCUT2D eigenvalue weighted by atomic mass is 79.9. The van der Waals surface area contributed by atoms with Gasteiger partial charge in [0.15, 0.2) is 11.2 Å². The van der Waals surface area contributed by atoms with Crippen LogP contribution in [0.4, 0.5) is 5.95 Å². The molecule has 3 aromatic rings. The van der Waals surface area contributed by atoms with Gasteiger partial charge in [-0.3, -0.25) is 14.3 Å². The molecule has 2 aromatic heterocycles. The number of rotatable bonds is 8. The van der Waals surface area contributed by atoms with Crippen molar-refractivity contribution in [1.29, 1.82) is 0 Å². The molecular formula is C18H21BrN6O4. The molecule has 3 rings (SSSR count). The van der Waals surface area contributed by atoms with Gasteiger partial charge in [-0.25, -0.2) is 10.2 Å². The largest absolute Gasteiger partial charge is 0.496 e. The first kappa shape index (κ1) is 20.8. The van der Waals surface area contributed by atoms with Gasteiger partial charge in [0.2, 0.25) is 5.95 Å². The predicted octanol–water partition coefficient (Wildman–Crippen LogP) is 1.68. The van der Waals surface area contributed by atoms with Crippen molar-refractivity contribution in [1.82, 2.24) is 19.1 Å². The molecule has 0 bridgehead atoms. The normalized spacial score (nSPS) is 11.4. The Morgan fingerprint density at radius 1 is 1.38 bits per heavy atom. The molecule has 0 aliphatic rings. The van der Waals surface area contributed by atoms with E-state index >= 15 is 0 Å². The minimum atomic E-state index is -0.536. The molecule has 29 heavy (non-hydrogen) atoms. The number of aromatic amines is 1. The van der Waals surface area contributed by atoms with Gasteiger partial charge >= 0.3 is 5.69 Å². The predicted molar refractivity (Wildman–Crippen MR) is 114 cm³/mol. The van der Waals surface area contributed by atoms with E-state index in [1.54, 1.807) is 24.9 Å². The number of hydrogen-bond acceptors (Lipinski definition) is 7. The molecule has 0 saturated heterocycles. The number of nitrogens with one attached hydrogen (secondary N) is 2. The molecule has 0 atom stereocenters. The number of hydrazone groups is 1. The molecule has 0 fully saturated rings. The van der Waals surface area contributed by atoms with E-state index in [0.29, 0.717) is 31.5 Å². The molecule has 0 aliphatic carbocycles. The van der Waals surface area contributed by atoms with E-state index < -0.39 is 11.2 Å². The summed E-state index contributed by atoms with van der Waals surface area (Å²) in [5, 5.41) is 4.23. The quantitative estimate of drug-likeness (QED) is 0.297. The van der Waals surface area contributed by atoms with Gasteiger partial charge in [0.05, 0.1) is 19.9 Å². The van der Waals surface area contributed by atoms with Crippen LogP contribution in [0.15, 0.2) is 37.4 Å². The summed E-state index contributed by atoms with van der Waals surface area (Å²) in [7, 11) is 3.12. The van der Waals surface area contributed by atoms with E-state index in [4.69, 9.17) is 9.47 Å². The Morgan fingerprint density at radius 2 is 2.17 bits per heavy atom. The van der Waals surface area contributed by atoms with Gasteiger partial charge < -0.3 is 14.0 Å². The first-order chi connectivity index (χ1) is 14.0. The third-order valence-corrected chi connectivity index (χ3v) is 4.72. The number of fused-ring (bicyclic) bond motifs is 1. The maximum absolute atomic E-state index is 12.4. The number of ether oxygens (including phenoxy) is 2. The van der Waals surface area contributed by atoms with E-state index in [9.17, 15) is 9.59 Å². The lowest BCUT2D eigenvalue weighted by molar-refractivity contribution is 0.140. The van der Waals surface area contributed by atoms with Gasteiger partial charge in [-0.1, -0.05) is 15.9 Å². The van der Waals surface area contributed by atoms with Crippen molar-refractivity contribution in [2.75, 3.05) is 25.7 Å². The second-order valence-electron chi connectivity index (χ2n) is 6.03. The maximum Gasteiger partial charge on any atom is 0.329 e. The lowest BCUT2D eigenvalue weighted by Crippen LogP contribution is -2.29. The fraction of sp³-hybridized carbons (Fsp3) is 0.333. The number of H-pyrrole nitrogens is 1. The summed E-state index contributed by atoms with van der Waals surface area (Å²) in [5.74, 6) is 0.971. The van der Waals surface area contributed by atoms with Gasteiger partial charge in [-0.2, -0.15) is 10.1 Å². The number of imidazole rings is 1. The molecule has 0 radical (unpaired) electrons. The summed E-state index contributed by atoms with van der Waals surface area (Å²) in [6, 6.07) is 5.54. The van der Waals surface area contributed by atoms with Crippen LogP contribution in [0.2, 0.25) is 0 Å². The van der Waals surface area contributed by atoms with E-state index in [1.807, 2.05) is 25.1 Å². The topological polar surface area (TPSA) is 116 Å². The van der Waals surface area contributed by atoms with E-state index in [2.05, 4.69) is 36.4 Å². The van der Waals surface area contributed by atoms with Crippen molar-refractivity contribution in [3.8, 4) is 5.75 Å². The summed E-state index contributed by atoms with van der Waals surface area (Å²) in [5.41, 5.74) is 3.07. The Labute approximate surface area is 174 Å². The number of aryl methyl sites for hydroxylation is 1. The molecule has 0 unspecified atom stereocenters. The van der Waals surface area contributed by atoms with Crippen molar-refractivity contribution < 1.29 is 9.47 Å². The SMILES string of the molecule is CCOCCn1c(N/N=C/c2cc(Br)ccc2OC)nc2c1c(=O)[nH]c(=O)n2C. The molecular weight excluding hydrogens is 444 g/mol. The monoisotopic (exact) mass is 464 g/mol. The maximum atomic E-state index is 12.4. The standard InChI is InChI=1S/C18H21BrN6O4/c1-4-29-8-7-25-14-15(24(2)18(27)22-16(14)26)21-17(25)23-20-10-11-9-12(19)5-6-13(11)28-3/h5-6,9-10H,4,7-8H2,1-3H3,(H,21,23)(H,22,26,27)/b20-10+. The average molecular weight is 465 g/mol. The molecule has 0 amide bonds. The summed E-state index contributed by atoms with van der Waals surface area (Å²) in [6.45, 7) is 3.17. The van der Waals surface area contributed by atoms with Crippen LogP contribution < -0.4 is 21.4 Å². The van der Waals surface area contributed by atoms with Crippen LogP contribution in [0.1, 0.15) is 12.5 Å². The number of halogens is 1. The highest BCUT2D eigenvalue weighted by Crippen LogP contribution is 2.21. The van der Waals surface area contributed by atoms with Crippen molar-refractivity contribution in [2.24, 2.45) is 12.1 Å². The van der Waals surface area contributed by atoms with E-state index in [0.717, 1.165) is 10.0 Å². The third-order valence-electron chi connectivity index (χ3n) is 4.23. The van der Waals surface area contributed by atoms with Crippen LogP contribution in [-0.4, -0.2) is 45.6 Å². The highest BCUT2D eigenvalue weighted by Gasteiger charge is 2.17. The molecule has 11 heteroatoms. The first-order valence-corrected chi connectivity index (χ1v) is 9.65. The molecule has 2 heterocycles. The Morgan fingerprint density at radius 3 is 2.90 bits per heavy atom. The molecule has 2 N–H and O–H groups in total. The second-order valence-corrected chi connectivity index (χ2v) is 6.95. The van der Waals surface area contributed by atoms with Gasteiger partial charge in [0.25, 0.3) is 5.56 Å². The van der Waals surface area contributed by atoms with Crippen LogP contribution in [-0.2, 0) is 18.3 Å². The smallest absolute Gasteiger partial charge is 0.329 e. The molecule has 0 aliphatic heterocycles. The second kappa shape index (κ2) is 9.05. The first-order valence-electron chi connectivity index (χ1n) is 8.86. The van der Waals surface area contributed by atoms with Crippen molar-refractivity contribution in [2.45, 2.75) is 13.5 Å². The van der Waals surface area contributed by atoms with Crippen molar-refractivity contribution in [3.05, 3.63) is 49.1 Å². The zero-order chi connectivity index (χ0) is 21.0. The fourth-order valence-corrected chi connectivity index (χ4v) is 3.18. The number of anilines is 1. The van der Waals surface area contributed by atoms with E-state index in [-0.39, 0.29) is 11.2 Å². The summed E-state index contributed by atoms with van der Waals surface area (Å²) in [6.07, 6.45) is 1.58. The van der Waals surface area contributed by atoms with Gasteiger partial charge in [0.1, 0.15) is 5.75 Å². The number of methoxy groups -OCH3 is 1. The van der Waals surface area contributed by atoms with Gasteiger partial charge in [-0.05, 0) is 25.1 Å². The molecule has 154 valence electrons. The summed E-state index contributed by atoms with van der Waals surface area (Å²) < 4.78 is 14.5. The number of nitrogens with zero attached hydrogens (tertiary/aromatic N) is 4. The van der Waals surface area contributed by atoms with E-state index in [1.165, 1.54) is 4.57 Å². The van der Waals surface area contributed by atoms with Crippen LogP contribution >= 0.6 is 15.9 Å². The zero-order valence-corrected chi connectivity index (χ0v) is 17.8. The van der Waals surface area contributed by atoms with Crippen molar-refractivity contribution in [3.63, 3.8) is 0 Å². The highest BCUT2D eigenvalue weighted by molar-refractivity contribution is 9.10. The summed E-state index contributed by atoms with van der Waals surface area (Å²) >= 11 is 3.42. The summed E-state index contributed by atoms with van der Waals surface area (Å²) in [4.78, 5) is 31.0. The Kier molecular flexibility index (Phi) is 6.49. The number of aromatic nitrogens is 4. The fourth-order valence-electron chi connectivity index (χ4n) is 2.80. The molecule has 1 aromatic carbocycles. The van der Waals surface area contributed by atoms with Gasteiger partial charge in [-0.15, -0.1) is 0 Å².